The summed E-state index contributed by atoms with van der Waals surface area (Å²) >= 11 is 1.16. The Hall–Kier alpha value is -0.610. The van der Waals surface area contributed by atoms with Gasteiger partial charge in [0.2, 0.25) is 0 Å². The van der Waals surface area contributed by atoms with E-state index in [9.17, 15) is 4.79 Å². The molecule has 1 aromatic heterocycles. The summed E-state index contributed by atoms with van der Waals surface area (Å²) in [6.45, 7) is 1.77. The maximum absolute atomic E-state index is 10.8. The number of aromatic nitrogens is 1. The van der Waals surface area contributed by atoms with Gasteiger partial charge in [-0.05, 0) is 6.92 Å². The van der Waals surface area contributed by atoms with Crippen LogP contribution in [0.4, 0.5) is 0 Å². The fourth-order valence-corrected chi connectivity index (χ4v) is 1.24. The molecule has 50 valence electrons. The summed E-state index contributed by atoms with van der Waals surface area (Å²) in [5, 5.41) is 1.73. The molecule has 1 heterocycles. The Kier molecular flexibility index (Phi) is 1.68. The van der Waals surface area contributed by atoms with Crippen molar-refractivity contribution < 1.29 is 0 Å². The highest BCUT2D eigenvalue weighted by Crippen LogP contribution is 1.94. The van der Waals surface area contributed by atoms with Crippen LogP contribution in [0.2, 0.25) is 0 Å². The highest BCUT2D eigenvalue weighted by Gasteiger charge is 1.98. The standard InChI is InChI=1S/C5H8N2OS/c1-4(6)7-2-3-9-5(7)8/h2-4H,6H2,1H3. The lowest BCUT2D eigenvalue weighted by atomic mass is 10.6. The monoisotopic (exact) mass is 144 g/mol. The third-order valence-corrected chi connectivity index (χ3v) is 1.71. The molecule has 1 rings (SSSR count). The third-order valence-electron chi connectivity index (χ3n) is 1.04. The molecule has 0 aliphatic rings. The lowest BCUT2D eigenvalue weighted by Gasteiger charge is -2.02. The van der Waals surface area contributed by atoms with E-state index in [2.05, 4.69) is 0 Å². The molecule has 0 aliphatic carbocycles. The topological polar surface area (TPSA) is 48.0 Å². The largest absolute Gasteiger partial charge is 0.311 e. The van der Waals surface area contributed by atoms with Gasteiger partial charge >= 0.3 is 4.87 Å². The number of hydrogen-bond acceptors (Lipinski definition) is 3. The minimum Gasteiger partial charge on any atom is -0.311 e. The SMILES string of the molecule is CC(N)n1ccsc1=O. The quantitative estimate of drug-likeness (QED) is 0.619. The minimum atomic E-state index is -0.205. The minimum absolute atomic E-state index is 0.00463. The number of nitrogens with zero attached hydrogens (tertiary/aromatic N) is 1. The summed E-state index contributed by atoms with van der Waals surface area (Å²) in [6.07, 6.45) is 1.49. The Morgan fingerprint density at radius 2 is 2.56 bits per heavy atom. The van der Waals surface area contributed by atoms with Gasteiger partial charge in [0.15, 0.2) is 0 Å². The second-order valence-corrected chi connectivity index (χ2v) is 2.67. The Labute approximate surface area is 56.7 Å². The maximum atomic E-state index is 10.8. The number of nitrogens with two attached hydrogens (primary N) is 1. The summed E-state index contributed by atoms with van der Waals surface area (Å²) in [4.78, 5) is 10.8. The van der Waals surface area contributed by atoms with Crippen LogP contribution >= 0.6 is 11.3 Å². The van der Waals surface area contributed by atoms with Crippen LogP contribution in [0, 0.1) is 0 Å². The van der Waals surface area contributed by atoms with Gasteiger partial charge in [-0.25, -0.2) is 0 Å². The smallest absolute Gasteiger partial charge is 0.308 e. The molecule has 1 unspecified atom stereocenters. The van der Waals surface area contributed by atoms with Crippen LogP contribution in [-0.4, -0.2) is 4.57 Å². The van der Waals surface area contributed by atoms with Crippen molar-refractivity contribution in [1.82, 2.24) is 4.57 Å². The zero-order valence-corrected chi connectivity index (χ0v) is 5.89. The van der Waals surface area contributed by atoms with Crippen LogP contribution in [0.15, 0.2) is 16.4 Å². The molecular formula is C5H8N2OS. The Morgan fingerprint density at radius 1 is 1.89 bits per heavy atom. The van der Waals surface area contributed by atoms with E-state index in [-0.39, 0.29) is 11.0 Å². The fraction of sp³-hybridized carbons (Fsp3) is 0.400. The first-order valence-electron chi connectivity index (χ1n) is 2.63. The molecule has 0 radical (unpaired) electrons. The highest BCUT2D eigenvalue weighted by molar-refractivity contribution is 7.07. The van der Waals surface area contributed by atoms with Crippen LogP contribution in [0.25, 0.3) is 0 Å². The predicted molar refractivity (Wildman–Crippen MR) is 37.5 cm³/mol. The van der Waals surface area contributed by atoms with Crippen LogP contribution in [0.1, 0.15) is 13.1 Å². The molecule has 0 aromatic carbocycles. The summed E-state index contributed by atoms with van der Waals surface area (Å²) < 4.78 is 1.49. The molecule has 0 aliphatic heterocycles. The van der Waals surface area contributed by atoms with Crippen molar-refractivity contribution in [3.05, 3.63) is 21.2 Å². The van der Waals surface area contributed by atoms with Gasteiger partial charge in [-0.3, -0.25) is 9.36 Å². The first-order chi connectivity index (χ1) is 4.22. The van der Waals surface area contributed by atoms with Crippen molar-refractivity contribution in [3.63, 3.8) is 0 Å². The zero-order chi connectivity index (χ0) is 6.85. The van der Waals surface area contributed by atoms with Crippen molar-refractivity contribution in [3.8, 4) is 0 Å². The summed E-state index contributed by atoms with van der Waals surface area (Å²) in [5.74, 6) is 0. The predicted octanol–water partition coefficient (Wildman–Crippen LogP) is 0.387. The number of thiazole rings is 1. The molecule has 0 amide bonds. The molecule has 0 saturated heterocycles. The first kappa shape index (κ1) is 6.51. The summed E-state index contributed by atoms with van der Waals surface area (Å²) in [7, 11) is 0. The fourth-order valence-electron chi connectivity index (χ4n) is 0.578. The third kappa shape index (κ3) is 1.20. The van der Waals surface area contributed by atoms with Crippen LogP contribution in [0.3, 0.4) is 0 Å². The average molecular weight is 144 g/mol. The molecule has 1 aromatic rings. The van der Waals surface area contributed by atoms with Crippen molar-refractivity contribution in [2.24, 2.45) is 5.73 Å². The maximum Gasteiger partial charge on any atom is 0.308 e. The molecule has 3 nitrogen and oxygen atoms in total. The molecule has 1 atom stereocenters. The first-order valence-corrected chi connectivity index (χ1v) is 3.51. The van der Waals surface area contributed by atoms with Gasteiger partial charge < -0.3 is 5.73 Å². The van der Waals surface area contributed by atoms with E-state index < -0.39 is 0 Å². The van der Waals surface area contributed by atoms with Crippen molar-refractivity contribution in [1.29, 1.82) is 0 Å². The van der Waals surface area contributed by atoms with Crippen LogP contribution in [-0.2, 0) is 0 Å². The molecule has 4 heteroatoms. The Bertz CT molecular complexity index is 237. The summed E-state index contributed by atoms with van der Waals surface area (Å²) in [6, 6.07) is 0. The van der Waals surface area contributed by atoms with Gasteiger partial charge in [-0.2, -0.15) is 0 Å². The number of hydrogen-bond donors (Lipinski definition) is 1. The molecule has 2 N–H and O–H groups in total. The lowest BCUT2D eigenvalue weighted by Crippen LogP contribution is -2.22. The van der Waals surface area contributed by atoms with E-state index in [1.165, 1.54) is 4.57 Å². The molecule has 0 bridgehead atoms. The van der Waals surface area contributed by atoms with Gasteiger partial charge in [0, 0.05) is 11.6 Å². The number of rotatable bonds is 1. The highest BCUT2D eigenvalue weighted by atomic mass is 32.1. The molecule has 0 spiro atoms. The van der Waals surface area contributed by atoms with E-state index in [4.69, 9.17) is 5.73 Å². The van der Waals surface area contributed by atoms with Gasteiger partial charge in [-0.15, -0.1) is 0 Å². The second-order valence-electron chi connectivity index (χ2n) is 1.82. The lowest BCUT2D eigenvalue weighted by molar-refractivity contribution is 0.563. The Balaban J connectivity index is 3.08. The van der Waals surface area contributed by atoms with Gasteiger partial charge in [0.25, 0.3) is 0 Å². The van der Waals surface area contributed by atoms with Crippen LogP contribution in [0.5, 0.6) is 0 Å². The van der Waals surface area contributed by atoms with Crippen molar-refractivity contribution in [2.75, 3.05) is 0 Å². The Morgan fingerprint density at radius 3 is 2.78 bits per heavy atom. The van der Waals surface area contributed by atoms with Gasteiger partial charge in [0.05, 0.1) is 6.17 Å². The van der Waals surface area contributed by atoms with Gasteiger partial charge in [0.1, 0.15) is 0 Å². The van der Waals surface area contributed by atoms with Crippen LogP contribution < -0.4 is 10.6 Å². The molecule has 0 fully saturated rings. The van der Waals surface area contributed by atoms with E-state index >= 15 is 0 Å². The van der Waals surface area contributed by atoms with Crippen molar-refractivity contribution >= 4 is 11.3 Å². The van der Waals surface area contributed by atoms with Crippen molar-refractivity contribution in [2.45, 2.75) is 13.1 Å². The molecule has 9 heavy (non-hydrogen) atoms. The summed E-state index contributed by atoms with van der Waals surface area (Å²) in [5.41, 5.74) is 5.43. The van der Waals surface area contributed by atoms with E-state index in [1.807, 2.05) is 0 Å². The van der Waals surface area contributed by atoms with Gasteiger partial charge in [-0.1, -0.05) is 11.3 Å². The normalized spacial score (nSPS) is 13.6. The van der Waals surface area contributed by atoms with E-state index in [1.54, 1.807) is 18.5 Å². The molecular weight excluding hydrogens is 136 g/mol. The van der Waals surface area contributed by atoms with E-state index in [0.717, 1.165) is 11.3 Å². The second kappa shape index (κ2) is 2.33. The molecule has 0 saturated carbocycles. The van der Waals surface area contributed by atoms with E-state index in [0.29, 0.717) is 0 Å². The zero-order valence-electron chi connectivity index (χ0n) is 5.07. The average Bonchev–Trinajstić information content (AvgIpc) is 2.13.